The Bertz CT molecular complexity index is 684. The number of benzene rings is 2. The highest BCUT2D eigenvalue weighted by Crippen LogP contribution is 2.24. The van der Waals surface area contributed by atoms with Gasteiger partial charge in [0.1, 0.15) is 11.6 Å². The molecule has 0 radical (unpaired) electrons. The molecular formula is C14H10F4N2O2. The van der Waals surface area contributed by atoms with Crippen LogP contribution in [0, 0.1) is 5.82 Å². The molecule has 0 heterocycles. The van der Waals surface area contributed by atoms with Gasteiger partial charge >= 0.3 is 6.36 Å². The molecule has 0 atom stereocenters. The predicted octanol–water partition coefficient (Wildman–Crippen LogP) is 3.56. The van der Waals surface area contributed by atoms with Gasteiger partial charge in [0.15, 0.2) is 0 Å². The van der Waals surface area contributed by atoms with Crippen LogP contribution in [0.5, 0.6) is 5.75 Å². The third-order valence-electron chi connectivity index (χ3n) is 2.60. The largest absolute Gasteiger partial charge is 0.573 e. The summed E-state index contributed by atoms with van der Waals surface area (Å²) in [5.74, 6) is -1.60. The van der Waals surface area contributed by atoms with Gasteiger partial charge in [-0.1, -0.05) is 0 Å². The van der Waals surface area contributed by atoms with Gasteiger partial charge in [0.25, 0.3) is 5.91 Å². The minimum Gasteiger partial charge on any atom is -0.406 e. The van der Waals surface area contributed by atoms with Crippen molar-refractivity contribution < 1.29 is 27.1 Å². The number of rotatable bonds is 3. The lowest BCUT2D eigenvalue weighted by Crippen LogP contribution is -2.17. The van der Waals surface area contributed by atoms with Crippen LogP contribution in [-0.2, 0) is 0 Å². The highest BCUT2D eigenvalue weighted by Gasteiger charge is 2.30. The van der Waals surface area contributed by atoms with Gasteiger partial charge in [-0.2, -0.15) is 0 Å². The zero-order valence-electron chi connectivity index (χ0n) is 10.9. The normalized spacial score (nSPS) is 11.1. The molecule has 0 aromatic heterocycles. The molecule has 0 spiro atoms. The number of carbonyl (C=O) groups excluding carboxylic acids is 1. The molecule has 0 unspecified atom stereocenters. The van der Waals surface area contributed by atoms with Crippen LogP contribution in [0.1, 0.15) is 10.4 Å². The first kappa shape index (κ1) is 15.6. The minimum atomic E-state index is -4.78. The van der Waals surface area contributed by atoms with E-state index in [0.29, 0.717) is 0 Å². The van der Waals surface area contributed by atoms with E-state index in [1.807, 2.05) is 0 Å². The van der Waals surface area contributed by atoms with Crippen LogP contribution >= 0.6 is 0 Å². The van der Waals surface area contributed by atoms with Crippen molar-refractivity contribution in [2.45, 2.75) is 6.36 Å². The van der Waals surface area contributed by atoms with Crippen molar-refractivity contribution in [2.75, 3.05) is 11.1 Å². The first-order valence-corrected chi connectivity index (χ1v) is 5.97. The van der Waals surface area contributed by atoms with E-state index >= 15 is 0 Å². The highest BCUT2D eigenvalue weighted by molar-refractivity contribution is 6.07. The molecule has 0 saturated heterocycles. The fourth-order valence-corrected chi connectivity index (χ4v) is 1.68. The third-order valence-corrected chi connectivity index (χ3v) is 2.60. The number of amides is 1. The van der Waals surface area contributed by atoms with Crippen LogP contribution in [0.4, 0.5) is 28.9 Å². The molecule has 8 heteroatoms. The standard InChI is InChI=1S/C14H10F4N2O2/c15-8-1-6-11(12(19)7-8)13(21)20-9-2-4-10(5-3-9)22-14(16,17)18/h1-7H,19H2,(H,20,21). The number of hydrogen-bond acceptors (Lipinski definition) is 3. The molecule has 116 valence electrons. The van der Waals surface area contributed by atoms with E-state index in [9.17, 15) is 22.4 Å². The van der Waals surface area contributed by atoms with E-state index in [4.69, 9.17) is 5.73 Å². The topological polar surface area (TPSA) is 64.4 Å². The molecule has 2 rings (SSSR count). The molecule has 0 bridgehead atoms. The van der Waals surface area contributed by atoms with Gasteiger partial charge in [-0.3, -0.25) is 4.79 Å². The quantitative estimate of drug-likeness (QED) is 0.672. The van der Waals surface area contributed by atoms with Crippen molar-refractivity contribution in [2.24, 2.45) is 0 Å². The lowest BCUT2D eigenvalue weighted by molar-refractivity contribution is -0.274. The smallest absolute Gasteiger partial charge is 0.406 e. The summed E-state index contributed by atoms with van der Waals surface area (Å²) in [6.07, 6.45) is -4.78. The number of ether oxygens (including phenoxy) is 1. The Balaban J connectivity index is 2.09. The summed E-state index contributed by atoms with van der Waals surface area (Å²) in [6.45, 7) is 0. The van der Waals surface area contributed by atoms with E-state index in [2.05, 4.69) is 10.1 Å². The summed E-state index contributed by atoms with van der Waals surface area (Å²) >= 11 is 0. The summed E-state index contributed by atoms with van der Waals surface area (Å²) < 4.78 is 52.6. The molecule has 4 nitrogen and oxygen atoms in total. The number of anilines is 2. The number of nitrogens with one attached hydrogen (secondary N) is 1. The molecule has 0 aliphatic carbocycles. The maximum Gasteiger partial charge on any atom is 0.573 e. The van der Waals surface area contributed by atoms with E-state index < -0.39 is 23.8 Å². The summed E-state index contributed by atoms with van der Waals surface area (Å²) in [6, 6.07) is 7.85. The maximum absolute atomic E-state index is 12.9. The van der Waals surface area contributed by atoms with Gasteiger partial charge in [0.2, 0.25) is 0 Å². The van der Waals surface area contributed by atoms with Gasteiger partial charge in [-0.25, -0.2) is 4.39 Å². The average Bonchev–Trinajstić information content (AvgIpc) is 2.39. The lowest BCUT2D eigenvalue weighted by atomic mass is 10.1. The number of alkyl halides is 3. The molecule has 3 N–H and O–H groups in total. The van der Waals surface area contributed by atoms with Crippen molar-refractivity contribution in [3.05, 3.63) is 53.8 Å². The second-order valence-corrected chi connectivity index (χ2v) is 4.26. The molecule has 2 aromatic carbocycles. The molecule has 0 aliphatic rings. The number of nitrogen functional groups attached to an aromatic ring is 1. The Kier molecular flexibility index (Phi) is 4.20. The van der Waals surface area contributed by atoms with Crippen LogP contribution in [0.2, 0.25) is 0 Å². The lowest BCUT2D eigenvalue weighted by Gasteiger charge is -2.10. The molecular weight excluding hydrogens is 304 g/mol. The first-order valence-electron chi connectivity index (χ1n) is 5.97. The third kappa shape index (κ3) is 4.11. The molecule has 0 fully saturated rings. The fourth-order valence-electron chi connectivity index (χ4n) is 1.68. The summed E-state index contributed by atoms with van der Waals surface area (Å²) in [5.41, 5.74) is 5.77. The second-order valence-electron chi connectivity index (χ2n) is 4.26. The van der Waals surface area contributed by atoms with E-state index in [-0.39, 0.29) is 16.9 Å². The number of hydrogen-bond donors (Lipinski definition) is 2. The van der Waals surface area contributed by atoms with Crippen LogP contribution in [0.25, 0.3) is 0 Å². The van der Waals surface area contributed by atoms with Gasteiger partial charge in [0.05, 0.1) is 5.56 Å². The van der Waals surface area contributed by atoms with Gasteiger partial charge in [-0.15, -0.1) is 13.2 Å². The van der Waals surface area contributed by atoms with E-state index in [1.165, 1.54) is 18.2 Å². The monoisotopic (exact) mass is 314 g/mol. The van der Waals surface area contributed by atoms with Crippen molar-refractivity contribution in [1.82, 2.24) is 0 Å². The zero-order valence-corrected chi connectivity index (χ0v) is 10.9. The summed E-state index contributed by atoms with van der Waals surface area (Å²) in [7, 11) is 0. The Morgan fingerprint density at radius 2 is 1.73 bits per heavy atom. The van der Waals surface area contributed by atoms with E-state index in [1.54, 1.807) is 0 Å². The van der Waals surface area contributed by atoms with Crippen molar-refractivity contribution in [3.63, 3.8) is 0 Å². The molecule has 2 aromatic rings. The Morgan fingerprint density at radius 3 is 2.27 bits per heavy atom. The predicted molar refractivity (Wildman–Crippen MR) is 71.9 cm³/mol. The first-order chi connectivity index (χ1) is 10.2. The van der Waals surface area contributed by atoms with Crippen LogP contribution in [0.15, 0.2) is 42.5 Å². The summed E-state index contributed by atoms with van der Waals surface area (Å²) in [5, 5.41) is 2.43. The molecule has 0 saturated carbocycles. The summed E-state index contributed by atoms with van der Waals surface area (Å²) in [4.78, 5) is 11.9. The Hall–Kier alpha value is -2.77. The number of nitrogens with two attached hydrogens (primary N) is 1. The zero-order chi connectivity index (χ0) is 16.3. The van der Waals surface area contributed by atoms with Crippen LogP contribution in [-0.4, -0.2) is 12.3 Å². The van der Waals surface area contributed by atoms with Crippen molar-refractivity contribution >= 4 is 17.3 Å². The van der Waals surface area contributed by atoms with Crippen molar-refractivity contribution in [3.8, 4) is 5.75 Å². The van der Waals surface area contributed by atoms with Crippen LogP contribution < -0.4 is 15.8 Å². The Labute approximate surface area is 122 Å². The molecule has 1 amide bonds. The van der Waals surface area contributed by atoms with Gasteiger partial charge in [-0.05, 0) is 42.5 Å². The maximum atomic E-state index is 12.9. The molecule has 22 heavy (non-hydrogen) atoms. The van der Waals surface area contributed by atoms with Gasteiger partial charge in [0, 0.05) is 11.4 Å². The number of carbonyl (C=O) groups is 1. The Morgan fingerprint density at radius 1 is 1.09 bits per heavy atom. The van der Waals surface area contributed by atoms with Crippen molar-refractivity contribution in [1.29, 1.82) is 0 Å². The second kappa shape index (κ2) is 5.92. The minimum absolute atomic E-state index is 0.0467. The SMILES string of the molecule is Nc1cc(F)ccc1C(=O)Nc1ccc(OC(F)(F)F)cc1. The highest BCUT2D eigenvalue weighted by atomic mass is 19.4. The average molecular weight is 314 g/mol. The molecule has 0 aliphatic heterocycles. The van der Waals surface area contributed by atoms with E-state index in [0.717, 1.165) is 24.3 Å². The van der Waals surface area contributed by atoms with Gasteiger partial charge < -0.3 is 15.8 Å². The number of halogens is 4. The fraction of sp³-hybridized carbons (Fsp3) is 0.0714. The van der Waals surface area contributed by atoms with Crippen LogP contribution in [0.3, 0.4) is 0 Å².